The number of halogens is 2. The largest absolute Gasteiger partial charge is 0.461 e. The van der Waals surface area contributed by atoms with Crippen molar-refractivity contribution in [2.45, 2.75) is 26.2 Å². The Morgan fingerprint density at radius 3 is 2.95 bits per heavy atom. The minimum atomic E-state index is -0.408. The van der Waals surface area contributed by atoms with Crippen LogP contribution in [0.2, 0.25) is 5.15 Å². The predicted molar refractivity (Wildman–Crippen MR) is 76.0 cm³/mol. The van der Waals surface area contributed by atoms with Crippen LogP contribution in [0, 0.1) is 0 Å². The van der Waals surface area contributed by atoms with E-state index in [0.717, 1.165) is 16.6 Å². The fraction of sp³-hybridized carbons (Fsp3) is 0.429. The Bertz CT molecular complexity index is 612. The summed E-state index contributed by atoms with van der Waals surface area (Å²) >= 11 is 5.97. The van der Waals surface area contributed by atoms with Crippen molar-refractivity contribution in [1.29, 1.82) is 0 Å². The van der Waals surface area contributed by atoms with Crippen LogP contribution in [0.1, 0.15) is 35.9 Å². The van der Waals surface area contributed by atoms with Crippen LogP contribution in [0.4, 0.5) is 4.39 Å². The van der Waals surface area contributed by atoms with Gasteiger partial charge in [0, 0.05) is 5.39 Å². The van der Waals surface area contributed by atoms with Crippen molar-refractivity contribution < 1.29 is 13.9 Å². The van der Waals surface area contributed by atoms with Crippen molar-refractivity contribution in [2.24, 2.45) is 0 Å². The van der Waals surface area contributed by atoms with Gasteiger partial charge < -0.3 is 9.72 Å². The molecule has 0 aliphatic heterocycles. The number of esters is 1. The smallest absolute Gasteiger partial charge is 0.354 e. The summed E-state index contributed by atoms with van der Waals surface area (Å²) in [5, 5.41) is 1.17. The third-order valence-corrected chi connectivity index (χ3v) is 3.14. The minimum absolute atomic E-state index is 0.316. The fourth-order valence-corrected chi connectivity index (χ4v) is 2.27. The van der Waals surface area contributed by atoms with Crippen molar-refractivity contribution in [1.82, 2.24) is 9.97 Å². The molecule has 0 bridgehead atoms. The quantitative estimate of drug-likeness (QED) is 0.503. The van der Waals surface area contributed by atoms with E-state index >= 15 is 0 Å². The Balaban J connectivity index is 2.34. The van der Waals surface area contributed by atoms with E-state index in [9.17, 15) is 9.18 Å². The molecule has 0 radical (unpaired) electrons. The zero-order chi connectivity index (χ0) is 14.5. The number of alkyl halides is 1. The molecule has 0 fully saturated rings. The highest BCUT2D eigenvalue weighted by molar-refractivity contribution is 6.30. The Morgan fingerprint density at radius 2 is 2.25 bits per heavy atom. The highest BCUT2D eigenvalue weighted by Gasteiger charge is 2.14. The van der Waals surface area contributed by atoms with Crippen molar-refractivity contribution in [2.75, 3.05) is 13.3 Å². The van der Waals surface area contributed by atoms with Crippen LogP contribution in [0.3, 0.4) is 0 Å². The number of aromatic amines is 1. The van der Waals surface area contributed by atoms with Gasteiger partial charge in [-0.3, -0.25) is 4.39 Å². The minimum Gasteiger partial charge on any atom is -0.461 e. The van der Waals surface area contributed by atoms with Gasteiger partial charge in [0.2, 0.25) is 0 Å². The number of rotatable bonds is 6. The summed E-state index contributed by atoms with van der Waals surface area (Å²) in [6.45, 7) is 1.72. The van der Waals surface area contributed by atoms with Gasteiger partial charge in [0.05, 0.1) is 24.5 Å². The average molecular weight is 299 g/mol. The Kier molecular flexibility index (Phi) is 4.95. The van der Waals surface area contributed by atoms with Gasteiger partial charge >= 0.3 is 5.97 Å². The monoisotopic (exact) mass is 298 g/mol. The number of nitrogens with one attached hydrogen (secondary N) is 1. The van der Waals surface area contributed by atoms with Gasteiger partial charge in [-0.2, -0.15) is 0 Å². The first-order valence-electron chi connectivity index (χ1n) is 6.57. The standard InChI is InChI=1S/C14H16ClFN2O2/c1-2-20-14(19)11-7-9-8-12(15)17-10(13(9)18-11)5-3-4-6-16/h7-8,18H,2-6H2,1H3. The average Bonchev–Trinajstić information content (AvgIpc) is 2.83. The van der Waals surface area contributed by atoms with Crippen molar-refractivity contribution >= 4 is 28.5 Å². The summed E-state index contributed by atoms with van der Waals surface area (Å²) < 4.78 is 17.1. The van der Waals surface area contributed by atoms with Gasteiger partial charge in [0.25, 0.3) is 0 Å². The second kappa shape index (κ2) is 6.70. The Morgan fingerprint density at radius 1 is 1.45 bits per heavy atom. The maximum Gasteiger partial charge on any atom is 0.354 e. The van der Waals surface area contributed by atoms with Crippen molar-refractivity contribution in [3.05, 3.63) is 28.7 Å². The molecule has 2 heterocycles. The molecule has 2 aromatic heterocycles. The Labute approximate surface area is 121 Å². The van der Waals surface area contributed by atoms with E-state index in [1.165, 1.54) is 0 Å². The lowest BCUT2D eigenvalue weighted by molar-refractivity contribution is 0.0520. The summed E-state index contributed by atoms with van der Waals surface area (Å²) in [6.07, 6.45) is 1.79. The zero-order valence-corrected chi connectivity index (χ0v) is 12.0. The fourth-order valence-electron chi connectivity index (χ4n) is 2.06. The lowest BCUT2D eigenvalue weighted by Gasteiger charge is -2.02. The van der Waals surface area contributed by atoms with Crippen LogP contribution in [0.5, 0.6) is 0 Å². The molecule has 2 rings (SSSR count). The molecule has 108 valence electrons. The SMILES string of the molecule is CCOC(=O)c1cc2cc(Cl)nc(CCCCF)c2[nH]1. The molecule has 20 heavy (non-hydrogen) atoms. The van der Waals surface area contributed by atoms with E-state index in [1.54, 1.807) is 19.1 Å². The molecule has 6 heteroatoms. The maximum atomic E-state index is 12.2. The first-order valence-corrected chi connectivity index (χ1v) is 6.94. The molecule has 0 aliphatic rings. The molecule has 0 saturated carbocycles. The molecule has 2 aromatic rings. The van der Waals surface area contributed by atoms with Gasteiger partial charge in [-0.05, 0) is 38.3 Å². The number of aromatic nitrogens is 2. The number of hydrogen-bond donors (Lipinski definition) is 1. The van der Waals surface area contributed by atoms with Crippen LogP contribution in [-0.2, 0) is 11.2 Å². The van der Waals surface area contributed by atoms with Crippen LogP contribution in [-0.4, -0.2) is 29.2 Å². The van der Waals surface area contributed by atoms with E-state index < -0.39 is 5.97 Å². The van der Waals surface area contributed by atoms with E-state index in [1.807, 2.05) is 0 Å². The third-order valence-electron chi connectivity index (χ3n) is 2.95. The maximum absolute atomic E-state index is 12.2. The van der Waals surface area contributed by atoms with Gasteiger partial charge in [0.15, 0.2) is 0 Å². The molecule has 0 aromatic carbocycles. The second-order valence-electron chi connectivity index (χ2n) is 4.41. The zero-order valence-electron chi connectivity index (χ0n) is 11.2. The van der Waals surface area contributed by atoms with Crippen molar-refractivity contribution in [3.63, 3.8) is 0 Å². The second-order valence-corrected chi connectivity index (χ2v) is 4.79. The molecule has 0 amide bonds. The molecule has 0 aliphatic carbocycles. The summed E-state index contributed by atoms with van der Waals surface area (Å²) in [5.74, 6) is -0.408. The Hall–Kier alpha value is -1.62. The molecule has 0 atom stereocenters. The van der Waals surface area contributed by atoms with Crippen LogP contribution < -0.4 is 0 Å². The number of H-pyrrole nitrogens is 1. The number of ether oxygens (including phenoxy) is 1. The van der Waals surface area contributed by atoms with E-state index in [4.69, 9.17) is 16.3 Å². The highest BCUT2D eigenvalue weighted by Crippen LogP contribution is 2.23. The van der Waals surface area contributed by atoms with Crippen LogP contribution in [0.25, 0.3) is 10.9 Å². The molecule has 4 nitrogen and oxygen atoms in total. The first-order chi connectivity index (χ1) is 9.65. The topological polar surface area (TPSA) is 55.0 Å². The lowest BCUT2D eigenvalue weighted by Crippen LogP contribution is -2.04. The summed E-state index contributed by atoms with van der Waals surface area (Å²) in [4.78, 5) is 19.0. The van der Waals surface area contributed by atoms with E-state index in [-0.39, 0.29) is 6.67 Å². The molecule has 0 unspecified atom stereocenters. The number of pyridine rings is 1. The molecule has 0 saturated heterocycles. The summed E-state index contributed by atoms with van der Waals surface area (Å²) in [5.41, 5.74) is 1.88. The van der Waals surface area contributed by atoms with E-state index in [0.29, 0.717) is 36.7 Å². The number of fused-ring (bicyclic) bond motifs is 1. The number of hydrogen-bond acceptors (Lipinski definition) is 3. The first kappa shape index (κ1) is 14.8. The summed E-state index contributed by atoms with van der Waals surface area (Å²) in [7, 11) is 0. The number of unbranched alkanes of at least 4 members (excludes halogenated alkanes) is 1. The molecular formula is C14H16ClFN2O2. The molecular weight excluding hydrogens is 283 g/mol. The normalized spacial score (nSPS) is 10.9. The van der Waals surface area contributed by atoms with Crippen LogP contribution >= 0.6 is 11.6 Å². The number of nitrogens with zero attached hydrogens (tertiary/aromatic N) is 1. The predicted octanol–water partition coefficient (Wildman–Crippen LogP) is 3.69. The summed E-state index contributed by atoms with van der Waals surface area (Å²) in [6, 6.07) is 3.38. The number of carbonyl (C=O) groups excluding carboxylic acids is 1. The highest BCUT2D eigenvalue weighted by atomic mass is 35.5. The molecule has 0 spiro atoms. The van der Waals surface area contributed by atoms with Crippen molar-refractivity contribution in [3.8, 4) is 0 Å². The lowest BCUT2D eigenvalue weighted by atomic mass is 10.1. The van der Waals surface area contributed by atoms with Gasteiger partial charge in [-0.25, -0.2) is 9.78 Å². The van der Waals surface area contributed by atoms with Gasteiger partial charge in [-0.15, -0.1) is 0 Å². The van der Waals surface area contributed by atoms with Crippen LogP contribution in [0.15, 0.2) is 12.1 Å². The molecule has 1 N–H and O–H groups in total. The van der Waals surface area contributed by atoms with Gasteiger partial charge in [0.1, 0.15) is 10.8 Å². The number of carbonyl (C=O) groups is 1. The van der Waals surface area contributed by atoms with E-state index in [2.05, 4.69) is 9.97 Å². The third kappa shape index (κ3) is 3.28. The van der Waals surface area contributed by atoms with Gasteiger partial charge in [-0.1, -0.05) is 11.6 Å². The number of aryl methyl sites for hydroxylation is 1.